The van der Waals surface area contributed by atoms with Gasteiger partial charge in [-0.15, -0.1) is 0 Å². The molecule has 0 N–H and O–H groups in total. The summed E-state index contributed by atoms with van der Waals surface area (Å²) in [5.74, 6) is 0. The van der Waals surface area contributed by atoms with Crippen molar-refractivity contribution in [2.24, 2.45) is 0 Å². The largest absolute Gasteiger partial charge is 0.474 e. The molecule has 64 valence electrons. The van der Waals surface area contributed by atoms with Gasteiger partial charge in [0.05, 0.1) is 0 Å². The van der Waals surface area contributed by atoms with Crippen molar-refractivity contribution < 1.29 is 4.74 Å². The SMILES string of the molecule is S=C(S)OCc1ccc(Cl)cc1. The Balaban J connectivity index is 2.53. The summed E-state index contributed by atoms with van der Waals surface area (Å²) in [6.45, 7) is 0.444. The van der Waals surface area contributed by atoms with Crippen LogP contribution in [0.25, 0.3) is 0 Å². The fraction of sp³-hybridized carbons (Fsp3) is 0.125. The molecule has 0 atom stereocenters. The third kappa shape index (κ3) is 3.43. The molecule has 12 heavy (non-hydrogen) atoms. The van der Waals surface area contributed by atoms with Crippen LogP contribution < -0.4 is 0 Å². The maximum atomic E-state index is 5.69. The smallest absolute Gasteiger partial charge is 0.217 e. The van der Waals surface area contributed by atoms with Crippen LogP contribution in [0.5, 0.6) is 0 Å². The second kappa shape index (κ2) is 4.70. The molecular formula is C8H7ClOS2. The monoisotopic (exact) mass is 218 g/mol. The Kier molecular flexibility index (Phi) is 3.85. The van der Waals surface area contributed by atoms with Crippen LogP contribution >= 0.6 is 36.4 Å². The number of thiocarbonyl (C=S) groups is 1. The highest BCUT2D eigenvalue weighted by atomic mass is 35.5. The van der Waals surface area contributed by atoms with Crippen LogP contribution in [-0.4, -0.2) is 4.38 Å². The molecule has 0 spiro atoms. The first-order chi connectivity index (χ1) is 5.68. The number of hydrogen-bond donors (Lipinski definition) is 1. The van der Waals surface area contributed by atoms with Gasteiger partial charge in [-0.2, -0.15) is 0 Å². The maximum absolute atomic E-state index is 5.69. The van der Waals surface area contributed by atoms with Crippen molar-refractivity contribution in [3.8, 4) is 0 Å². The van der Waals surface area contributed by atoms with E-state index in [-0.39, 0.29) is 4.38 Å². The zero-order valence-corrected chi connectivity index (χ0v) is 8.63. The highest BCUT2D eigenvalue weighted by molar-refractivity contribution is 8.10. The molecule has 0 amide bonds. The highest BCUT2D eigenvalue weighted by Gasteiger charge is 1.93. The van der Waals surface area contributed by atoms with Crippen molar-refractivity contribution in [3.05, 3.63) is 34.9 Å². The van der Waals surface area contributed by atoms with Gasteiger partial charge >= 0.3 is 0 Å². The number of rotatable bonds is 2. The lowest BCUT2D eigenvalue weighted by atomic mass is 10.2. The van der Waals surface area contributed by atoms with E-state index in [0.717, 1.165) is 5.56 Å². The molecule has 0 aliphatic heterocycles. The van der Waals surface area contributed by atoms with E-state index in [2.05, 4.69) is 24.8 Å². The molecule has 0 aliphatic rings. The average molecular weight is 219 g/mol. The first-order valence-electron chi connectivity index (χ1n) is 3.28. The standard InChI is InChI=1S/C8H7ClOS2/c9-7-3-1-6(2-4-7)5-10-8(11)12/h1-4H,5H2,(H,11,12). The zero-order valence-electron chi connectivity index (χ0n) is 6.16. The Morgan fingerprint density at radius 3 is 2.50 bits per heavy atom. The summed E-state index contributed by atoms with van der Waals surface area (Å²) in [7, 11) is 0. The van der Waals surface area contributed by atoms with E-state index in [1.54, 1.807) is 0 Å². The molecule has 0 saturated heterocycles. The normalized spacial score (nSPS) is 9.50. The van der Waals surface area contributed by atoms with E-state index in [1.165, 1.54) is 0 Å². The second-order valence-corrected chi connectivity index (χ2v) is 3.70. The molecule has 0 aliphatic carbocycles. The Hall–Kier alpha value is -0.250. The summed E-state index contributed by atoms with van der Waals surface area (Å²) in [5, 5.41) is 0.715. The van der Waals surface area contributed by atoms with Crippen LogP contribution in [0.1, 0.15) is 5.56 Å². The molecule has 1 aromatic rings. The van der Waals surface area contributed by atoms with E-state index in [9.17, 15) is 0 Å². The van der Waals surface area contributed by atoms with Gasteiger partial charge in [0.2, 0.25) is 4.38 Å². The molecule has 0 radical (unpaired) electrons. The molecule has 1 aromatic carbocycles. The summed E-state index contributed by atoms with van der Waals surface area (Å²) in [5.41, 5.74) is 1.02. The fourth-order valence-electron chi connectivity index (χ4n) is 0.726. The van der Waals surface area contributed by atoms with Gasteiger partial charge in [0, 0.05) is 5.02 Å². The van der Waals surface area contributed by atoms with Gasteiger partial charge in [-0.3, -0.25) is 0 Å². The van der Waals surface area contributed by atoms with Crippen molar-refractivity contribution >= 4 is 40.8 Å². The Labute approximate surface area is 87.1 Å². The second-order valence-electron chi connectivity index (χ2n) is 2.18. The third-order valence-corrected chi connectivity index (χ3v) is 1.77. The first-order valence-corrected chi connectivity index (χ1v) is 4.52. The van der Waals surface area contributed by atoms with Crippen molar-refractivity contribution in [1.29, 1.82) is 0 Å². The average Bonchev–Trinajstić information content (AvgIpc) is 2.03. The number of halogens is 1. The van der Waals surface area contributed by atoms with Crippen molar-refractivity contribution in [3.63, 3.8) is 0 Å². The van der Waals surface area contributed by atoms with E-state index in [0.29, 0.717) is 11.6 Å². The van der Waals surface area contributed by atoms with Gasteiger partial charge in [0.25, 0.3) is 0 Å². The third-order valence-electron chi connectivity index (χ3n) is 1.28. The predicted molar refractivity (Wildman–Crippen MR) is 57.8 cm³/mol. The van der Waals surface area contributed by atoms with E-state index in [1.807, 2.05) is 24.3 Å². The number of thiol groups is 1. The molecular weight excluding hydrogens is 212 g/mol. The summed E-state index contributed by atoms with van der Waals surface area (Å²) >= 11 is 14.2. The number of hydrogen-bond acceptors (Lipinski definition) is 2. The topological polar surface area (TPSA) is 9.23 Å². The molecule has 0 saturated carbocycles. The maximum Gasteiger partial charge on any atom is 0.217 e. The van der Waals surface area contributed by atoms with Gasteiger partial charge in [0.1, 0.15) is 6.61 Å². The number of benzene rings is 1. The number of ether oxygens (including phenoxy) is 1. The van der Waals surface area contributed by atoms with Crippen LogP contribution in [0.4, 0.5) is 0 Å². The minimum absolute atomic E-state index is 0.255. The lowest BCUT2D eigenvalue weighted by Gasteiger charge is -2.02. The van der Waals surface area contributed by atoms with Gasteiger partial charge in [-0.05, 0) is 29.9 Å². The molecule has 0 heterocycles. The lowest BCUT2D eigenvalue weighted by Crippen LogP contribution is -1.93. The van der Waals surface area contributed by atoms with Crippen molar-refractivity contribution in [1.82, 2.24) is 0 Å². The van der Waals surface area contributed by atoms with Crippen molar-refractivity contribution in [2.45, 2.75) is 6.61 Å². The van der Waals surface area contributed by atoms with Gasteiger partial charge in [0.15, 0.2) is 0 Å². The first kappa shape index (κ1) is 9.84. The van der Waals surface area contributed by atoms with E-state index < -0.39 is 0 Å². The fourth-order valence-corrected chi connectivity index (χ4v) is 0.975. The summed E-state index contributed by atoms with van der Waals surface area (Å²) in [6.07, 6.45) is 0. The van der Waals surface area contributed by atoms with E-state index in [4.69, 9.17) is 16.3 Å². The summed E-state index contributed by atoms with van der Waals surface area (Å²) in [4.78, 5) is 0. The van der Waals surface area contributed by atoms with E-state index >= 15 is 0 Å². The van der Waals surface area contributed by atoms with Crippen LogP contribution in [0.15, 0.2) is 24.3 Å². The summed E-state index contributed by atoms with van der Waals surface area (Å²) < 4.78 is 5.27. The highest BCUT2D eigenvalue weighted by Crippen LogP contribution is 2.10. The van der Waals surface area contributed by atoms with Gasteiger partial charge in [-0.25, -0.2) is 0 Å². The molecule has 0 unspecified atom stereocenters. The van der Waals surface area contributed by atoms with Gasteiger partial charge in [-0.1, -0.05) is 36.4 Å². The molecule has 0 fully saturated rings. The zero-order chi connectivity index (χ0) is 8.97. The molecule has 1 rings (SSSR count). The lowest BCUT2D eigenvalue weighted by molar-refractivity contribution is 0.310. The van der Waals surface area contributed by atoms with Crippen LogP contribution in [0.2, 0.25) is 5.02 Å². The summed E-state index contributed by atoms with van der Waals surface area (Å²) in [6, 6.07) is 7.38. The molecule has 4 heteroatoms. The van der Waals surface area contributed by atoms with Crippen LogP contribution in [-0.2, 0) is 11.3 Å². The minimum Gasteiger partial charge on any atom is -0.474 e. The molecule has 0 bridgehead atoms. The Morgan fingerprint density at radius 2 is 2.00 bits per heavy atom. The van der Waals surface area contributed by atoms with Crippen LogP contribution in [0.3, 0.4) is 0 Å². The van der Waals surface area contributed by atoms with Gasteiger partial charge < -0.3 is 4.74 Å². The Morgan fingerprint density at radius 1 is 1.42 bits per heavy atom. The van der Waals surface area contributed by atoms with Crippen molar-refractivity contribution in [2.75, 3.05) is 0 Å². The predicted octanol–water partition coefficient (Wildman–Crippen LogP) is 3.07. The molecule has 1 nitrogen and oxygen atoms in total. The molecule has 0 aromatic heterocycles. The quantitative estimate of drug-likeness (QED) is 0.604. The van der Waals surface area contributed by atoms with Crippen LogP contribution in [0, 0.1) is 0 Å². The Bertz CT molecular complexity index is 271. The minimum atomic E-state index is 0.255.